The Morgan fingerprint density at radius 1 is 1.67 bits per heavy atom. The van der Waals surface area contributed by atoms with Crippen LogP contribution in [-0.4, -0.2) is 47.0 Å². The molecule has 7 heteroatoms. The van der Waals surface area contributed by atoms with E-state index in [0.29, 0.717) is 11.4 Å². The number of ether oxygens (including phenoxy) is 1. The first-order valence-electron chi connectivity index (χ1n) is 5.79. The standard InChI is InChI=1S/C11H17N5O2/c1-7-9(4-6-18-7)16(2)11-8(10(12)15-17)3-5-13-14-11/h3,5,7,9,17H,4,6H2,1-2H3,(H2,12,15). The minimum atomic E-state index is 0.0262. The number of hydrogen-bond acceptors (Lipinski definition) is 6. The molecule has 1 aromatic rings. The lowest BCUT2D eigenvalue weighted by atomic mass is 10.1. The lowest BCUT2D eigenvalue weighted by molar-refractivity contribution is 0.118. The number of oxime groups is 1. The van der Waals surface area contributed by atoms with Crippen molar-refractivity contribution in [2.45, 2.75) is 25.5 Å². The molecule has 2 atom stereocenters. The molecule has 0 aliphatic carbocycles. The van der Waals surface area contributed by atoms with Crippen LogP contribution in [0.25, 0.3) is 0 Å². The van der Waals surface area contributed by atoms with E-state index in [2.05, 4.69) is 15.4 Å². The molecule has 0 spiro atoms. The summed E-state index contributed by atoms with van der Waals surface area (Å²) in [6.07, 6.45) is 2.56. The van der Waals surface area contributed by atoms with Crippen LogP contribution in [0.3, 0.4) is 0 Å². The molecular formula is C11H17N5O2. The molecule has 0 saturated carbocycles. The summed E-state index contributed by atoms with van der Waals surface area (Å²) in [6.45, 7) is 2.75. The van der Waals surface area contributed by atoms with Gasteiger partial charge in [-0.25, -0.2) is 0 Å². The van der Waals surface area contributed by atoms with E-state index in [-0.39, 0.29) is 18.0 Å². The summed E-state index contributed by atoms with van der Waals surface area (Å²) in [7, 11) is 1.91. The molecule has 3 N–H and O–H groups in total. The van der Waals surface area contributed by atoms with Gasteiger partial charge >= 0.3 is 0 Å². The van der Waals surface area contributed by atoms with Gasteiger partial charge in [0.15, 0.2) is 11.7 Å². The average molecular weight is 251 g/mol. The normalized spacial score (nSPS) is 24.2. The largest absolute Gasteiger partial charge is 0.409 e. The van der Waals surface area contributed by atoms with Crippen LogP contribution in [0, 0.1) is 0 Å². The number of nitrogens with two attached hydrogens (primary N) is 1. The number of aromatic nitrogens is 2. The summed E-state index contributed by atoms with van der Waals surface area (Å²) in [5, 5.41) is 19.7. The van der Waals surface area contributed by atoms with Crippen molar-refractivity contribution in [2.24, 2.45) is 10.9 Å². The molecule has 7 nitrogen and oxygen atoms in total. The minimum absolute atomic E-state index is 0.0262. The predicted molar refractivity (Wildman–Crippen MR) is 66.8 cm³/mol. The Kier molecular flexibility index (Phi) is 3.61. The molecule has 0 radical (unpaired) electrons. The Hall–Kier alpha value is -1.89. The SMILES string of the molecule is CC1OCCC1N(C)c1nnccc1/C(N)=N/O. The zero-order chi connectivity index (χ0) is 13.1. The average Bonchev–Trinajstić information content (AvgIpc) is 2.83. The highest BCUT2D eigenvalue weighted by atomic mass is 16.5. The van der Waals surface area contributed by atoms with Crippen molar-refractivity contribution in [3.8, 4) is 0 Å². The first-order chi connectivity index (χ1) is 8.65. The molecule has 2 unspecified atom stereocenters. The molecular weight excluding hydrogens is 234 g/mol. The van der Waals surface area contributed by atoms with Crippen LogP contribution >= 0.6 is 0 Å². The Labute approximate surface area is 105 Å². The Balaban J connectivity index is 2.32. The second-order valence-electron chi connectivity index (χ2n) is 4.30. The monoisotopic (exact) mass is 251 g/mol. The van der Waals surface area contributed by atoms with E-state index in [1.54, 1.807) is 6.07 Å². The number of rotatable bonds is 3. The van der Waals surface area contributed by atoms with Crippen molar-refractivity contribution < 1.29 is 9.94 Å². The molecule has 0 aromatic carbocycles. The molecule has 0 amide bonds. The predicted octanol–water partition coefficient (Wildman–Crippen LogP) is 0.185. The van der Waals surface area contributed by atoms with Gasteiger partial charge in [-0.3, -0.25) is 0 Å². The van der Waals surface area contributed by atoms with Crippen LogP contribution < -0.4 is 10.6 Å². The second-order valence-corrected chi connectivity index (χ2v) is 4.30. The third-order valence-corrected chi connectivity index (χ3v) is 3.25. The fourth-order valence-corrected chi connectivity index (χ4v) is 2.22. The van der Waals surface area contributed by atoms with E-state index in [9.17, 15) is 0 Å². The fourth-order valence-electron chi connectivity index (χ4n) is 2.22. The Morgan fingerprint density at radius 2 is 2.44 bits per heavy atom. The maximum Gasteiger partial charge on any atom is 0.173 e. The van der Waals surface area contributed by atoms with Gasteiger partial charge in [0.1, 0.15) is 0 Å². The number of likely N-dealkylation sites (N-methyl/N-ethyl adjacent to an activating group) is 1. The summed E-state index contributed by atoms with van der Waals surface area (Å²) < 4.78 is 5.53. The number of hydrogen-bond donors (Lipinski definition) is 2. The summed E-state index contributed by atoms with van der Waals surface area (Å²) in [6, 6.07) is 1.89. The van der Waals surface area contributed by atoms with Crippen molar-refractivity contribution in [1.29, 1.82) is 0 Å². The molecule has 2 heterocycles. The summed E-state index contributed by atoms with van der Waals surface area (Å²) in [5.41, 5.74) is 6.20. The molecule has 0 bridgehead atoms. The highest BCUT2D eigenvalue weighted by Gasteiger charge is 2.30. The molecule has 98 valence electrons. The molecule has 2 rings (SSSR count). The van der Waals surface area contributed by atoms with Gasteiger partial charge in [-0.15, -0.1) is 5.10 Å². The van der Waals surface area contributed by atoms with Crippen molar-refractivity contribution >= 4 is 11.7 Å². The van der Waals surface area contributed by atoms with Gasteiger partial charge in [-0.05, 0) is 19.4 Å². The summed E-state index contributed by atoms with van der Waals surface area (Å²) in [4.78, 5) is 1.97. The van der Waals surface area contributed by atoms with Crippen LogP contribution in [0.1, 0.15) is 18.9 Å². The topological polar surface area (TPSA) is 96.9 Å². The fraction of sp³-hybridized carbons (Fsp3) is 0.545. The zero-order valence-electron chi connectivity index (χ0n) is 10.4. The lowest BCUT2D eigenvalue weighted by Crippen LogP contribution is -2.38. The first kappa shape index (κ1) is 12.6. The van der Waals surface area contributed by atoms with Crippen LogP contribution in [0.15, 0.2) is 17.4 Å². The molecule has 1 aliphatic heterocycles. The first-order valence-corrected chi connectivity index (χ1v) is 5.79. The lowest BCUT2D eigenvalue weighted by Gasteiger charge is -2.28. The van der Waals surface area contributed by atoms with Gasteiger partial charge in [0.25, 0.3) is 0 Å². The number of nitrogens with zero attached hydrogens (tertiary/aromatic N) is 4. The van der Waals surface area contributed by atoms with Gasteiger partial charge in [0.2, 0.25) is 0 Å². The molecule has 1 aliphatic rings. The van der Waals surface area contributed by atoms with Crippen LogP contribution in [-0.2, 0) is 4.74 Å². The third-order valence-electron chi connectivity index (χ3n) is 3.25. The van der Waals surface area contributed by atoms with E-state index >= 15 is 0 Å². The minimum Gasteiger partial charge on any atom is -0.409 e. The third kappa shape index (κ3) is 2.21. The molecule has 1 aromatic heterocycles. The van der Waals surface area contributed by atoms with E-state index in [4.69, 9.17) is 15.7 Å². The molecule has 1 saturated heterocycles. The van der Waals surface area contributed by atoms with E-state index in [1.165, 1.54) is 6.20 Å². The quantitative estimate of drug-likeness (QED) is 0.344. The van der Waals surface area contributed by atoms with Gasteiger partial charge in [-0.1, -0.05) is 5.16 Å². The van der Waals surface area contributed by atoms with E-state index in [0.717, 1.165) is 13.0 Å². The maximum atomic E-state index is 8.78. The van der Waals surface area contributed by atoms with Crippen molar-refractivity contribution in [2.75, 3.05) is 18.6 Å². The van der Waals surface area contributed by atoms with Crippen molar-refractivity contribution in [3.05, 3.63) is 17.8 Å². The molecule has 1 fully saturated rings. The highest BCUT2D eigenvalue weighted by molar-refractivity contribution is 6.01. The number of amidine groups is 1. The van der Waals surface area contributed by atoms with E-state index in [1.807, 2.05) is 18.9 Å². The van der Waals surface area contributed by atoms with Gasteiger partial charge in [0.05, 0.1) is 23.9 Å². The second kappa shape index (κ2) is 5.18. The van der Waals surface area contributed by atoms with Crippen LogP contribution in [0.5, 0.6) is 0 Å². The van der Waals surface area contributed by atoms with Crippen molar-refractivity contribution in [3.63, 3.8) is 0 Å². The van der Waals surface area contributed by atoms with Crippen LogP contribution in [0.2, 0.25) is 0 Å². The van der Waals surface area contributed by atoms with Gasteiger partial charge in [0, 0.05) is 13.7 Å². The van der Waals surface area contributed by atoms with E-state index < -0.39 is 0 Å². The number of anilines is 1. The zero-order valence-corrected chi connectivity index (χ0v) is 10.4. The van der Waals surface area contributed by atoms with Gasteiger partial charge < -0.3 is 20.6 Å². The highest BCUT2D eigenvalue weighted by Crippen LogP contribution is 2.24. The molecule has 18 heavy (non-hydrogen) atoms. The summed E-state index contributed by atoms with van der Waals surface area (Å²) >= 11 is 0. The maximum absolute atomic E-state index is 8.78. The summed E-state index contributed by atoms with van der Waals surface area (Å²) in [5.74, 6) is 0.619. The van der Waals surface area contributed by atoms with Gasteiger partial charge in [-0.2, -0.15) is 5.10 Å². The Bertz CT molecular complexity index is 451. The smallest absolute Gasteiger partial charge is 0.173 e. The van der Waals surface area contributed by atoms with Crippen LogP contribution in [0.4, 0.5) is 5.82 Å². The van der Waals surface area contributed by atoms with Crippen molar-refractivity contribution in [1.82, 2.24) is 10.2 Å². The Morgan fingerprint density at radius 3 is 3.06 bits per heavy atom.